The summed E-state index contributed by atoms with van der Waals surface area (Å²) < 4.78 is 13.5. The molecule has 0 saturated heterocycles. The van der Waals surface area contributed by atoms with Crippen LogP contribution < -0.4 is 0 Å². The van der Waals surface area contributed by atoms with Gasteiger partial charge in [0.05, 0.1) is 11.1 Å². The van der Waals surface area contributed by atoms with E-state index < -0.39 is 5.82 Å². The third-order valence-corrected chi connectivity index (χ3v) is 2.44. The van der Waals surface area contributed by atoms with Crippen LogP contribution in [-0.4, -0.2) is 5.78 Å². The monoisotopic (exact) mass is 320 g/mol. The minimum absolute atomic E-state index is 0.0928. The van der Waals surface area contributed by atoms with E-state index in [1.54, 1.807) is 12.1 Å². The molecule has 0 radical (unpaired) electrons. The molecule has 0 aliphatic carbocycles. The van der Waals surface area contributed by atoms with Gasteiger partial charge in [0, 0.05) is 21.2 Å². The van der Waals surface area contributed by atoms with Crippen molar-refractivity contribution in [2.24, 2.45) is 0 Å². The third kappa shape index (κ3) is 2.72. The number of halogens is 2. The van der Waals surface area contributed by atoms with Crippen LogP contribution in [0.25, 0.3) is 0 Å². The summed E-state index contributed by atoms with van der Waals surface area (Å²) in [5.41, 5.74) is 0.358. The van der Waals surface area contributed by atoms with Gasteiger partial charge >= 0.3 is 0 Å². The van der Waals surface area contributed by atoms with E-state index in [0.29, 0.717) is 0 Å². The second kappa shape index (κ2) is 5.37. The SMILES string of the molecule is CC(=O)c1cccc(C#CSI)c1F. The Labute approximate surface area is 98.0 Å². The molecular weight excluding hydrogens is 314 g/mol. The smallest absolute Gasteiger partial charge is 0.162 e. The highest BCUT2D eigenvalue weighted by atomic mass is 127. The van der Waals surface area contributed by atoms with Crippen LogP contribution in [0.2, 0.25) is 0 Å². The minimum atomic E-state index is -0.530. The first-order valence-corrected chi connectivity index (χ1v) is 7.10. The van der Waals surface area contributed by atoms with Crippen molar-refractivity contribution in [2.45, 2.75) is 6.92 Å². The molecular formula is C10H6FIOS. The number of Topliss-reactive ketones (excluding diaryl/α,β-unsaturated/α-hetero) is 1. The van der Waals surface area contributed by atoms with Crippen molar-refractivity contribution in [3.8, 4) is 11.2 Å². The van der Waals surface area contributed by atoms with Crippen molar-refractivity contribution in [3.63, 3.8) is 0 Å². The molecule has 1 aromatic rings. The highest BCUT2D eigenvalue weighted by Gasteiger charge is 2.09. The van der Waals surface area contributed by atoms with Crippen LogP contribution in [0.3, 0.4) is 0 Å². The Morgan fingerprint density at radius 1 is 1.57 bits per heavy atom. The molecule has 4 heteroatoms. The van der Waals surface area contributed by atoms with Crippen LogP contribution in [0, 0.1) is 17.0 Å². The van der Waals surface area contributed by atoms with E-state index in [1.165, 1.54) is 21.9 Å². The van der Waals surface area contributed by atoms with Gasteiger partial charge in [-0.1, -0.05) is 12.0 Å². The van der Waals surface area contributed by atoms with Crippen LogP contribution in [0.5, 0.6) is 0 Å². The molecule has 0 fully saturated rings. The van der Waals surface area contributed by atoms with Gasteiger partial charge in [-0.05, 0) is 33.2 Å². The van der Waals surface area contributed by atoms with Gasteiger partial charge in [-0.2, -0.15) is 0 Å². The number of carbonyl (C=O) groups is 1. The maximum absolute atomic E-state index is 13.5. The van der Waals surface area contributed by atoms with E-state index in [0.717, 1.165) is 0 Å². The summed E-state index contributed by atoms with van der Waals surface area (Å²) in [6.07, 6.45) is 0. The Morgan fingerprint density at radius 2 is 2.29 bits per heavy atom. The highest BCUT2D eigenvalue weighted by Crippen LogP contribution is 2.14. The fraction of sp³-hybridized carbons (Fsp3) is 0.100. The molecule has 0 unspecified atom stereocenters. The van der Waals surface area contributed by atoms with Crippen LogP contribution in [0.15, 0.2) is 18.2 Å². The molecule has 0 aliphatic heterocycles. The lowest BCUT2D eigenvalue weighted by Crippen LogP contribution is -1.98. The predicted octanol–water partition coefficient (Wildman–Crippen LogP) is 3.42. The molecule has 0 heterocycles. The van der Waals surface area contributed by atoms with Gasteiger partial charge in [0.25, 0.3) is 0 Å². The first-order valence-electron chi connectivity index (χ1n) is 3.75. The van der Waals surface area contributed by atoms with Crippen LogP contribution in [0.1, 0.15) is 22.8 Å². The maximum Gasteiger partial charge on any atom is 0.162 e. The molecule has 0 bridgehead atoms. The van der Waals surface area contributed by atoms with Crippen molar-refractivity contribution in [3.05, 3.63) is 35.1 Å². The summed E-state index contributed by atoms with van der Waals surface area (Å²) in [5, 5.41) is 2.67. The zero-order chi connectivity index (χ0) is 10.6. The van der Waals surface area contributed by atoms with Crippen LogP contribution >= 0.6 is 30.1 Å². The first-order chi connectivity index (χ1) is 6.66. The zero-order valence-corrected chi connectivity index (χ0v) is 10.3. The lowest BCUT2D eigenvalue weighted by molar-refractivity contribution is 0.101. The van der Waals surface area contributed by atoms with Crippen molar-refractivity contribution in [1.29, 1.82) is 0 Å². The standard InChI is InChI=1S/C10H6FIOS/c1-7(13)9-4-2-3-8(10(9)11)5-6-14-12/h2-4H,1H3. The number of benzene rings is 1. The molecule has 0 spiro atoms. The van der Waals surface area contributed by atoms with Gasteiger partial charge in [0.2, 0.25) is 0 Å². The molecule has 72 valence electrons. The molecule has 0 amide bonds. The summed E-state index contributed by atoms with van der Waals surface area (Å²) in [6, 6.07) is 4.64. The average Bonchev–Trinajstić information content (AvgIpc) is 2.16. The first kappa shape index (κ1) is 11.5. The van der Waals surface area contributed by atoms with E-state index in [9.17, 15) is 9.18 Å². The van der Waals surface area contributed by atoms with Gasteiger partial charge < -0.3 is 0 Å². The summed E-state index contributed by atoms with van der Waals surface area (Å²) in [5.74, 6) is 1.82. The quantitative estimate of drug-likeness (QED) is 0.448. The molecule has 1 nitrogen and oxygen atoms in total. The van der Waals surface area contributed by atoms with E-state index in [2.05, 4.69) is 11.2 Å². The lowest BCUT2D eigenvalue weighted by atomic mass is 10.1. The highest BCUT2D eigenvalue weighted by molar-refractivity contribution is 14.2. The molecule has 0 aromatic heterocycles. The normalized spacial score (nSPS) is 9.07. The molecule has 14 heavy (non-hydrogen) atoms. The van der Waals surface area contributed by atoms with Crippen molar-refractivity contribution >= 4 is 35.9 Å². The summed E-state index contributed by atoms with van der Waals surface area (Å²) in [6.45, 7) is 1.34. The molecule has 0 atom stereocenters. The van der Waals surface area contributed by atoms with Crippen molar-refractivity contribution < 1.29 is 9.18 Å². The second-order valence-corrected chi connectivity index (χ2v) is 4.21. The Morgan fingerprint density at radius 3 is 2.86 bits per heavy atom. The van der Waals surface area contributed by atoms with Crippen molar-refractivity contribution in [1.82, 2.24) is 0 Å². The maximum atomic E-state index is 13.5. The second-order valence-electron chi connectivity index (χ2n) is 2.53. The molecule has 0 aliphatic rings. The fourth-order valence-electron chi connectivity index (χ4n) is 0.975. The number of hydrogen-bond acceptors (Lipinski definition) is 2. The van der Waals surface area contributed by atoms with E-state index in [1.807, 2.05) is 21.2 Å². The van der Waals surface area contributed by atoms with Gasteiger partial charge in [-0.25, -0.2) is 4.39 Å². The van der Waals surface area contributed by atoms with Gasteiger partial charge in [-0.15, -0.1) is 0 Å². The van der Waals surface area contributed by atoms with Crippen LogP contribution in [-0.2, 0) is 0 Å². The Kier molecular flexibility index (Phi) is 4.42. The van der Waals surface area contributed by atoms with Crippen molar-refractivity contribution in [2.75, 3.05) is 0 Å². The number of ketones is 1. The minimum Gasteiger partial charge on any atom is -0.294 e. The largest absolute Gasteiger partial charge is 0.294 e. The number of rotatable bonds is 1. The van der Waals surface area contributed by atoms with Gasteiger partial charge in [0.1, 0.15) is 5.82 Å². The Balaban J connectivity index is 3.20. The predicted molar refractivity (Wildman–Crippen MR) is 64.9 cm³/mol. The third-order valence-electron chi connectivity index (χ3n) is 1.60. The van der Waals surface area contributed by atoms with Gasteiger partial charge in [-0.3, -0.25) is 4.79 Å². The molecule has 1 aromatic carbocycles. The number of carbonyl (C=O) groups excluding carboxylic acids is 1. The Hall–Kier alpha value is -0.540. The van der Waals surface area contributed by atoms with E-state index in [4.69, 9.17) is 0 Å². The Bertz CT molecular complexity index is 420. The van der Waals surface area contributed by atoms with Gasteiger partial charge in [0.15, 0.2) is 5.78 Å². The summed E-state index contributed by atoms with van der Waals surface area (Å²) in [4.78, 5) is 11.0. The summed E-state index contributed by atoms with van der Waals surface area (Å²) in [7, 11) is 1.28. The lowest BCUT2D eigenvalue weighted by Gasteiger charge is -1.99. The zero-order valence-electron chi connectivity index (χ0n) is 7.30. The summed E-state index contributed by atoms with van der Waals surface area (Å²) >= 11 is 2.00. The molecule has 0 saturated carbocycles. The number of hydrogen-bond donors (Lipinski definition) is 0. The molecule has 1 rings (SSSR count). The topological polar surface area (TPSA) is 17.1 Å². The van der Waals surface area contributed by atoms with Crippen LogP contribution in [0.4, 0.5) is 4.39 Å². The van der Waals surface area contributed by atoms with E-state index >= 15 is 0 Å². The average molecular weight is 320 g/mol. The van der Waals surface area contributed by atoms with E-state index in [-0.39, 0.29) is 16.9 Å². The molecule has 0 N–H and O–H groups in total. The fourth-order valence-corrected chi connectivity index (χ4v) is 1.45.